The van der Waals surface area contributed by atoms with E-state index in [0.717, 1.165) is 31.5 Å². The molecule has 1 aromatic rings. The number of likely N-dealkylation sites (N-methyl/N-ethyl adjacent to an activating group) is 1. The molecule has 0 spiro atoms. The summed E-state index contributed by atoms with van der Waals surface area (Å²) in [5, 5.41) is 18.8. The lowest BCUT2D eigenvalue weighted by molar-refractivity contribution is 0.106. The number of aliphatic hydroxyl groups is 1. The number of hydrogen-bond donors (Lipinski definition) is 1. The highest BCUT2D eigenvalue weighted by molar-refractivity contribution is 5.42. The second kappa shape index (κ2) is 5.15. The van der Waals surface area contributed by atoms with Crippen LogP contribution in [0.15, 0.2) is 18.2 Å². The highest BCUT2D eigenvalue weighted by Gasteiger charge is 2.27. The predicted molar refractivity (Wildman–Crippen MR) is 65.6 cm³/mol. The van der Waals surface area contributed by atoms with Gasteiger partial charge in [0.1, 0.15) is 17.6 Å². The Morgan fingerprint density at radius 3 is 2.88 bits per heavy atom. The molecule has 2 atom stereocenters. The molecular formula is C13H17N3O. The van der Waals surface area contributed by atoms with Crippen LogP contribution in [0.5, 0.6) is 0 Å². The van der Waals surface area contributed by atoms with E-state index >= 15 is 0 Å². The average Bonchev–Trinajstić information content (AvgIpc) is 2.38. The Morgan fingerprint density at radius 2 is 2.18 bits per heavy atom. The molecule has 1 aliphatic carbocycles. The number of nitriles is 1. The van der Waals surface area contributed by atoms with E-state index in [2.05, 4.69) is 4.98 Å². The third-order valence-corrected chi connectivity index (χ3v) is 3.40. The summed E-state index contributed by atoms with van der Waals surface area (Å²) in [6, 6.07) is 7.54. The zero-order valence-electron chi connectivity index (χ0n) is 10.0. The summed E-state index contributed by atoms with van der Waals surface area (Å²) >= 11 is 0. The van der Waals surface area contributed by atoms with Crippen molar-refractivity contribution >= 4 is 5.82 Å². The lowest BCUT2D eigenvalue weighted by Crippen LogP contribution is -2.43. The van der Waals surface area contributed by atoms with Gasteiger partial charge in [0.05, 0.1) is 12.1 Å². The van der Waals surface area contributed by atoms with Gasteiger partial charge in [0, 0.05) is 7.05 Å². The summed E-state index contributed by atoms with van der Waals surface area (Å²) < 4.78 is 0. The van der Waals surface area contributed by atoms with Crippen molar-refractivity contribution in [3.05, 3.63) is 23.9 Å². The number of aliphatic hydroxyl groups excluding tert-OH is 1. The molecule has 17 heavy (non-hydrogen) atoms. The predicted octanol–water partition coefficient (Wildman–Crippen LogP) is 1.69. The van der Waals surface area contributed by atoms with E-state index in [4.69, 9.17) is 5.26 Å². The van der Waals surface area contributed by atoms with Crippen LogP contribution in [0.25, 0.3) is 0 Å². The quantitative estimate of drug-likeness (QED) is 0.841. The Bertz CT molecular complexity index is 427. The second-order valence-electron chi connectivity index (χ2n) is 4.52. The molecule has 0 aliphatic heterocycles. The molecule has 0 amide bonds. The molecule has 4 heteroatoms. The second-order valence-corrected chi connectivity index (χ2v) is 4.52. The molecule has 4 nitrogen and oxygen atoms in total. The van der Waals surface area contributed by atoms with Gasteiger partial charge < -0.3 is 10.0 Å². The van der Waals surface area contributed by atoms with Crippen molar-refractivity contribution in [1.29, 1.82) is 5.26 Å². The van der Waals surface area contributed by atoms with Gasteiger partial charge in [0.25, 0.3) is 0 Å². The SMILES string of the molecule is CN(c1cccc(C#N)n1)C1CCCCC1O. The Morgan fingerprint density at radius 1 is 1.41 bits per heavy atom. The zero-order chi connectivity index (χ0) is 12.3. The number of nitrogens with zero attached hydrogens (tertiary/aromatic N) is 3. The smallest absolute Gasteiger partial charge is 0.142 e. The zero-order valence-corrected chi connectivity index (χ0v) is 10.0. The average molecular weight is 231 g/mol. The van der Waals surface area contributed by atoms with Crippen molar-refractivity contribution in [1.82, 2.24) is 4.98 Å². The van der Waals surface area contributed by atoms with Crippen LogP contribution in [0.4, 0.5) is 5.82 Å². The molecule has 1 aromatic heterocycles. The fourth-order valence-electron chi connectivity index (χ4n) is 2.40. The molecule has 0 aromatic carbocycles. The molecule has 1 N–H and O–H groups in total. The number of aromatic nitrogens is 1. The van der Waals surface area contributed by atoms with Gasteiger partial charge in [-0.2, -0.15) is 5.26 Å². The van der Waals surface area contributed by atoms with E-state index in [1.165, 1.54) is 0 Å². The maximum Gasteiger partial charge on any atom is 0.142 e. The molecule has 2 rings (SSSR count). The van der Waals surface area contributed by atoms with E-state index in [1.54, 1.807) is 6.07 Å². The summed E-state index contributed by atoms with van der Waals surface area (Å²) in [6.07, 6.45) is 3.78. The maximum absolute atomic E-state index is 9.99. The van der Waals surface area contributed by atoms with E-state index in [1.807, 2.05) is 30.1 Å². The van der Waals surface area contributed by atoms with Gasteiger partial charge in [-0.3, -0.25) is 0 Å². The highest BCUT2D eigenvalue weighted by atomic mass is 16.3. The Balaban J connectivity index is 2.18. The third-order valence-electron chi connectivity index (χ3n) is 3.40. The Labute approximate surface area is 102 Å². The first-order valence-electron chi connectivity index (χ1n) is 6.00. The van der Waals surface area contributed by atoms with Gasteiger partial charge in [-0.1, -0.05) is 18.9 Å². The van der Waals surface area contributed by atoms with Crippen molar-refractivity contribution in [3.8, 4) is 6.07 Å². The molecule has 2 unspecified atom stereocenters. The van der Waals surface area contributed by atoms with Crippen molar-refractivity contribution in [2.24, 2.45) is 0 Å². The minimum absolute atomic E-state index is 0.116. The van der Waals surface area contributed by atoms with Crippen LogP contribution >= 0.6 is 0 Å². The minimum Gasteiger partial charge on any atom is -0.391 e. The molecule has 1 fully saturated rings. The van der Waals surface area contributed by atoms with Gasteiger partial charge >= 0.3 is 0 Å². The van der Waals surface area contributed by atoms with Crippen LogP contribution < -0.4 is 4.90 Å². The van der Waals surface area contributed by atoms with Gasteiger partial charge in [-0.25, -0.2) is 4.98 Å². The topological polar surface area (TPSA) is 60.2 Å². The van der Waals surface area contributed by atoms with E-state index in [0.29, 0.717) is 5.69 Å². The number of pyridine rings is 1. The number of rotatable bonds is 2. The van der Waals surface area contributed by atoms with Crippen LogP contribution in [0.3, 0.4) is 0 Å². The summed E-state index contributed by atoms with van der Waals surface area (Å²) in [7, 11) is 1.93. The van der Waals surface area contributed by atoms with Gasteiger partial charge in [0.15, 0.2) is 0 Å². The van der Waals surface area contributed by atoms with E-state index < -0.39 is 0 Å². The minimum atomic E-state index is -0.290. The fourth-order valence-corrected chi connectivity index (χ4v) is 2.40. The summed E-state index contributed by atoms with van der Waals surface area (Å²) in [5.41, 5.74) is 0.416. The largest absolute Gasteiger partial charge is 0.391 e. The summed E-state index contributed by atoms with van der Waals surface area (Å²) in [4.78, 5) is 6.25. The Hall–Kier alpha value is -1.60. The van der Waals surface area contributed by atoms with Crippen molar-refractivity contribution in [3.63, 3.8) is 0 Å². The van der Waals surface area contributed by atoms with Crippen molar-refractivity contribution in [2.45, 2.75) is 37.8 Å². The first-order valence-corrected chi connectivity index (χ1v) is 6.00. The molecule has 0 radical (unpaired) electrons. The van der Waals surface area contributed by atoms with E-state index in [-0.39, 0.29) is 12.1 Å². The standard InChI is InChI=1S/C13H17N3O/c1-16(11-6-2-3-7-12(11)17)13-8-4-5-10(9-14)15-13/h4-5,8,11-12,17H,2-3,6-7H2,1H3. The number of hydrogen-bond acceptors (Lipinski definition) is 4. The van der Waals surface area contributed by atoms with Crippen LogP contribution in [-0.2, 0) is 0 Å². The first-order chi connectivity index (χ1) is 8.22. The lowest BCUT2D eigenvalue weighted by atomic mass is 9.91. The Kier molecular flexibility index (Phi) is 3.60. The maximum atomic E-state index is 9.99. The van der Waals surface area contributed by atoms with Crippen LogP contribution in [0.1, 0.15) is 31.4 Å². The van der Waals surface area contributed by atoms with Crippen LogP contribution in [0.2, 0.25) is 0 Å². The van der Waals surface area contributed by atoms with Gasteiger partial charge in [0.2, 0.25) is 0 Å². The monoisotopic (exact) mass is 231 g/mol. The van der Waals surface area contributed by atoms with Crippen molar-refractivity contribution in [2.75, 3.05) is 11.9 Å². The molecule has 90 valence electrons. The molecule has 1 heterocycles. The third kappa shape index (κ3) is 2.56. The fraction of sp³-hybridized carbons (Fsp3) is 0.538. The van der Waals surface area contributed by atoms with Crippen molar-refractivity contribution < 1.29 is 5.11 Å². The first kappa shape index (κ1) is 11.9. The number of anilines is 1. The molecule has 0 saturated heterocycles. The van der Waals surface area contributed by atoms with Crippen LogP contribution in [-0.4, -0.2) is 29.3 Å². The summed E-state index contributed by atoms with van der Waals surface area (Å²) in [5.74, 6) is 0.759. The van der Waals surface area contributed by atoms with Gasteiger partial charge in [-0.15, -0.1) is 0 Å². The lowest BCUT2D eigenvalue weighted by Gasteiger charge is -2.35. The molecular weight excluding hydrogens is 214 g/mol. The van der Waals surface area contributed by atoms with Crippen LogP contribution in [0, 0.1) is 11.3 Å². The molecule has 1 saturated carbocycles. The summed E-state index contributed by atoms with van der Waals surface area (Å²) in [6.45, 7) is 0. The molecule has 1 aliphatic rings. The van der Waals surface area contributed by atoms with Gasteiger partial charge in [-0.05, 0) is 25.0 Å². The molecule has 0 bridgehead atoms. The van der Waals surface area contributed by atoms with E-state index in [9.17, 15) is 5.11 Å². The normalized spacial score (nSPS) is 24.1. The highest BCUT2D eigenvalue weighted by Crippen LogP contribution is 2.25.